The first-order valence-corrected chi connectivity index (χ1v) is 6.16. The molecule has 1 fully saturated rings. The molecule has 0 unspecified atom stereocenters. The minimum atomic E-state index is 0.113. The van der Waals surface area contributed by atoms with Gasteiger partial charge < -0.3 is 20.7 Å². The van der Waals surface area contributed by atoms with E-state index in [1.807, 2.05) is 0 Å². The topological polar surface area (TPSA) is 76.3 Å². The lowest BCUT2D eigenvalue weighted by molar-refractivity contribution is 0.104. The van der Waals surface area contributed by atoms with Gasteiger partial charge in [-0.05, 0) is 14.0 Å². The normalized spacial score (nSPS) is 24.4. The standard InChI is InChI=1S/C11H18ClN5O/c1-6-9(12)10(16-11(13)14-6)15-7-4-17(2)5-8(7)18-3/h7-8H,4-5H2,1-3H3,(H3,13,14,15,16)/t7-,8-/m0/s1. The number of likely N-dealkylation sites (tertiary alicyclic amines) is 1. The van der Waals surface area contributed by atoms with Crippen LogP contribution in [-0.4, -0.2) is 54.3 Å². The van der Waals surface area contributed by atoms with Gasteiger partial charge in [-0.25, -0.2) is 4.98 Å². The third-order valence-corrected chi connectivity index (χ3v) is 3.56. The molecule has 0 bridgehead atoms. The number of aromatic nitrogens is 2. The van der Waals surface area contributed by atoms with Gasteiger partial charge in [0.1, 0.15) is 5.02 Å². The molecule has 3 N–H and O–H groups in total. The van der Waals surface area contributed by atoms with Crippen LogP contribution in [0.25, 0.3) is 0 Å². The van der Waals surface area contributed by atoms with Gasteiger partial charge in [-0.15, -0.1) is 0 Å². The number of aryl methyl sites for hydroxylation is 1. The molecule has 2 heterocycles. The molecular weight excluding hydrogens is 254 g/mol. The molecule has 7 heteroatoms. The van der Waals surface area contributed by atoms with Crippen molar-refractivity contribution in [3.8, 4) is 0 Å². The Morgan fingerprint density at radius 3 is 2.83 bits per heavy atom. The molecule has 0 spiro atoms. The Hall–Kier alpha value is -1.11. The van der Waals surface area contributed by atoms with E-state index in [1.165, 1.54) is 0 Å². The average molecular weight is 272 g/mol. The fourth-order valence-corrected chi connectivity index (χ4v) is 2.33. The van der Waals surface area contributed by atoms with Crippen LogP contribution in [-0.2, 0) is 4.74 Å². The largest absolute Gasteiger partial charge is 0.378 e. The summed E-state index contributed by atoms with van der Waals surface area (Å²) >= 11 is 6.17. The van der Waals surface area contributed by atoms with Crippen molar-refractivity contribution >= 4 is 23.4 Å². The molecule has 0 amide bonds. The van der Waals surface area contributed by atoms with Crippen LogP contribution in [0.15, 0.2) is 0 Å². The number of nitrogen functional groups attached to an aromatic ring is 1. The van der Waals surface area contributed by atoms with Crippen LogP contribution in [0.2, 0.25) is 5.02 Å². The van der Waals surface area contributed by atoms with Crippen LogP contribution in [0.5, 0.6) is 0 Å². The molecular formula is C11H18ClN5O. The highest BCUT2D eigenvalue weighted by molar-refractivity contribution is 6.33. The number of likely N-dealkylation sites (N-methyl/N-ethyl adjacent to an activating group) is 1. The van der Waals surface area contributed by atoms with E-state index in [9.17, 15) is 0 Å². The summed E-state index contributed by atoms with van der Waals surface area (Å²) in [5.41, 5.74) is 6.31. The monoisotopic (exact) mass is 271 g/mol. The Morgan fingerprint density at radius 1 is 1.44 bits per heavy atom. The predicted molar refractivity (Wildman–Crippen MR) is 71.9 cm³/mol. The average Bonchev–Trinajstić information content (AvgIpc) is 2.65. The molecule has 6 nitrogen and oxygen atoms in total. The lowest BCUT2D eigenvalue weighted by atomic mass is 10.2. The summed E-state index contributed by atoms with van der Waals surface area (Å²) < 4.78 is 5.44. The summed E-state index contributed by atoms with van der Waals surface area (Å²) in [5, 5.41) is 3.80. The molecule has 1 aromatic heterocycles. The molecule has 0 aliphatic carbocycles. The Balaban J connectivity index is 2.19. The fraction of sp³-hybridized carbons (Fsp3) is 0.636. The number of ether oxygens (including phenoxy) is 1. The molecule has 1 saturated heterocycles. The summed E-state index contributed by atoms with van der Waals surface area (Å²) in [6.45, 7) is 3.56. The number of halogens is 1. The second kappa shape index (κ2) is 5.26. The van der Waals surface area contributed by atoms with E-state index in [2.05, 4.69) is 27.2 Å². The van der Waals surface area contributed by atoms with Gasteiger partial charge in [-0.3, -0.25) is 0 Å². The van der Waals surface area contributed by atoms with Crippen molar-refractivity contribution in [2.24, 2.45) is 0 Å². The van der Waals surface area contributed by atoms with Crippen molar-refractivity contribution in [1.29, 1.82) is 0 Å². The number of hydrogen-bond acceptors (Lipinski definition) is 6. The van der Waals surface area contributed by atoms with Crippen LogP contribution in [0, 0.1) is 6.92 Å². The van der Waals surface area contributed by atoms with E-state index >= 15 is 0 Å². The highest BCUT2D eigenvalue weighted by Gasteiger charge is 2.31. The van der Waals surface area contributed by atoms with Crippen molar-refractivity contribution in [3.63, 3.8) is 0 Å². The number of hydrogen-bond donors (Lipinski definition) is 2. The number of methoxy groups -OCH3 is 1. The predicted octanol–water partition coefficient (Wildman–Crippen LogP) is 0.762. The summed E-state index contributed by atoms with van der Waals surface area (Å²) in [5.74, 6) is 0.795. The second-order valence-electron chi connectivity index (χ2n) is 4.58. The maximum atomic E-state index is 6.17. The molecule has 1 aliphatic rings. The zero-order chi connectivity index (χ0) is 13.3. The summed E-state index contributed by atoms with van der Waals surface area (Å²) in [7, 11) is 3.76. The van der Waals surface area contributed by atoms with Crippen LogP contribution in [0.3, 0.4) is 0 Å². The van der Waals surface area contributed by atoms with Crippen molar-refractivity contribution in [2.75, 3.05) is 38.3 Å². The third-order valence-electron chi connectivity index (χ3n) is 3.11. The van der Waals surface area contributed by atoms with Gasteiger partial charge in [0.25, 0.3) is 0 Å². The maximum absolute atomic E-state index is 6.17. The Bertz CT molecular complexity index is 442. The Labute approximate surface area is 111 Å². The molecule has 0 saturated carbocycles. The van der Waals surface area contributed by atoms with Crippen molar-refractivity contribution in [3.05, 3.63) is 10.7 Å². The van der Waals surface area contributed by atoms with E-state index in [-0.39, 0.29) is 18.1 Å². The number of nitrogens with one attached hydrogen (secondary N) is 1. The second-order valence-corrected chi connectivity index (χ2v) is 4.95. The first-order chi connectivity index (χ1) is 8.51. The highest BCUT2D eigenvalue weighted by atomic mass is 35.5. The minimum Gasteiger partial charge on any atom is -0.378 e. The van der Waals surface area contributed by atoms with E-state index in [1.54, 1.807) is 14.0 Å². The lowest BCUT2D eigenvalue weighted by Gasteiger charge is -2.20. The van der Waals surface area contributed by atoms with Gasteiger partial charge in [0.2, 0.25) is 5.95 Å². The smallest absolute Gasteiger partial charge is 0.222 e. The number of nitrogens with two attached hydrogens (primary N) is 1. The molecule has 0 radical (unpaired) electrons. The molecule has 2 atom stereocenters. The van der Waals surface area contributed by atoms with E-state index in [4.69, 9.17) is 22.1 Å². The SMILES string of the molecule is CO[C@H]1CN(C)C[C@@H]1Nc1nc(N)nc(C)c1Cl. The first-order valence-electron chi connectivity index (χ1n) is 5.78. The van der Waals surface area contributed by atoms with E-state index < -0.39 is 0 Å². The Morgan fingerprint density at radius 2 is 2.17 bits per heavy atom. The van der Waals surface area contributed by atoms with Crippen molar-refractivity contribution < 1.29 is 4.74 Å². The third kappa shape index (κ3) is 2.66. The van der Waals surface area contributed by atoms with Gasteiger partial charge in [-0.2, -0.15) is 4.98 Å². The van der Waals surface area contributed by atoms with Crippen LogP contribution < -0.4 is 11.1 Å². The number of anilines is 2. The molecule has 18 heavy (non-hydrogen) atoms. The van der Waals surface area contributed by atoms with Gasteiger partial charge >= 0.3 is 0 Å². The van der Waals surface area contributed by atoms with E-state index in [0.717, 1.165) is 13.1 Å². The molecule has 2 rings (SSSR count). The van der Waals surface area contributed by atoms with Gasteiger partial charge in [0, 0.05) is 20.2 Å². The number of rotatable bonds is 3. The minimum absolute atomic E-state index is 0.113. The van der Waals surface area contributed by atoms with Gasteiger partial charge in [0.05, 0.1) is 17.8 Å². The van der Waals surface area contributed by atoms with Crippen LogP contribution in [0.1, 0.15) is 5.69 Å². The Kier molecular flexibility index (Phi) is 3.89. The van der Waals surface area contributed by atoms with Crippen molar-refractivity contribution in [1.82, 2.24) is 14.9 Å². The van der Waals surface area contributed by atoms with Crippen LogP contribution in [0.4, 0.5) is 11.8 Å². The fourth-order valence-electron chi connectivity index (χ4n) is 2.19. The number of nitrogens with zero attached hydrogens (tertiary/aromatic N) is 3. The maximum Gasteiger partial charge on any atom is 0.222 e. The highest BCUT2D eigenvalue weighted by Crippen LogP contribution is 2.25. The molecule has 1 aliphatic heterocycles. The van der Waals surface area contributed by atoms with Crippen LogP contribution >= 0.6 is 11.6 Å². The van der Waals surface area contributed by atoms with Gasteiger partial charge in [-0.1, -0.05) is 11.6 Å². The zero-order valence-electron chi connectivity index (χ0n) is 10.8. The molecule has 100 valence electrons. The van der Waals surface area contributed by atoms with E-state index in [0.29, 0.717) is 16.5 Å². The quantitative estimate of drug-likeness (QED) is 0.845. The summed E-state index contributed by atoms with van der Waals surface area (Å²) in [4.78, 5) is 10.3. The molecule has 1 aromatic rings. The first kappa shape index (κ1) is 13.3. The van der Waals surface area contributed by atoms with Crippen molar-refractivity contribution in [2.45, 2.75) is 19.1 Å². The zero-order valence-corrected chi connectivity index (χ0v) is 11.5. The summed E-state index contributed by atoms with van der Waals surface area (Å²) in [6.07, 6.45) is 0.113. The molecule has 0 aromatic carbocycles. The summed E-state index contributed by atoms with van der Waals surface area (Å²) in [6, 6.07) is 0.145. The lowest BCUT2D eigenvalue weighted by Crippen LogP contribution is -2.34. The van der Waals surface area contributed by atoms with Gasteiger partial charge in [0.15, 0.2) is 5.82 Å².